The van der Waals surface area contributed by atoms with Crippen molar-refractivity contribution >= 4 is 6.34 Å². The van der Waals surface area contributed by atoms with E-state index in [0.717, 1.165) is 13.1 Å². The van der Waals surface area contributed by atoms with Gasteiger partial charge in [-0.25, -0.2) is 0 Å². The molecule has 1 aliphatic heterocycles. The topological polar surface area (TPSA) is 41.6 Å². The number of allylic oxidation sites excluding steroid dienone is 2. The molecule has 152 valence electrons. The molecule has 0 aliphatic carbocycles. The minimum Gasteiger partial charge on any atom is -0.357 e. The molecule has 0 spiro atoms. The van der Waals surface area contributed by atoms with Crippen LogP contribution < -0.4 is 5.73 Å². The van der Waals surface area contributed by atoms with Crippen molar-refractivity contribution in [2.24, 2.45) is 10.7 Å². The lowest BCUT2D eigenvalue weighted by Gasteiger charge is -2.30. The fraction of sp³-hybridized carbons (Fsp3) is 0.870. The first-order valence-electron chi connectivity index (χ1n) is 11.4. The minimum absolute atomic E-state index is 0.233. The average Bonchev–Trinajstić information content (AvgIpc) is 3.15. The molecule has 1 heterocycles. The second kappa shape index (κ2) is 16.4. The number of rotatable bonds is 17. The first kappa shape index (κ1) is 23.2. The summed E-state index contributed by atoms with van der Waals surface area (Å²) >= 11 is 0. The van der Waals surface area contributed by atoms with Crippen molar-refractivity contribution in [2.45, 2.75) is 116 Å². The van der Waals surface area contributed by atoms with Crippen molar-refractivity contribution in [1.82, 2.24) is 4.90 Å². The Morgan fingerprint density at radius 1 is 0.923 bits per heavy atom. The molecule has 1 rings (SSSR count). The summed E-state index contributed by atoms with van der Waals surface area (Å²) < 4.78 is 0. The van der Waals surface area contributed by atoms with E-state index in [1.807, 2.05) is 6.34 Å². The quantitative estimate of drug-likeness (QED) is 0.251. The summed E-state index contributed by atoms with van der Waals surface area (Å²) in [6.07, 6.45) is 25.7. The maximum absolute atomic E-state index is 6.17. The smallest absolute Gasteiger partial charge is 0.0854 e. The summed E-state index contributed by atoms with van der Waals surface area (Å²) in [5, 5.41) is 0. The molecule has 0 amide bonds. The van der Waals surface area contributed by atoms with Gasteiger partial charge < -0.3 is 10.6 Å². The summed E-state index contributed by atoms with van der Waals surface area (Å²) in [6.45, 7) is 6.41. The van der Waals surface area contributed by atoms with E-state index in [-0.39, 0.29) is 6.04 Å². The van der Waals surface area contributed by atoms with Crippen molar-refractivity contribution in [3.63, 3.8) is 0 Å². The maximum atomic E-state index is 6.17. The lowest BCUT2D eigenvalue weighted by atomic mass is 10.0. The number of aliphatic imine (C=N–C) groups is 1. The van der Waals surface area contributed by atoms with Gasteiger partial charge in [-0.2, -0.15) is 0 Å². The van der Waals surface area contributed by atoms with E-state index in [1.165, 1.54) is 89.9 Å². The highest BCUT2D eigenvalue weighted by Gasteiger charge is 2.21. The minimum atomic E-state index is 0.233. The van der Waals surface area contributed by atoms with Gasteiger partial charge in [0.25, 0.3) is 0 Å². The summed E-state index contributed by atoms with van der Waals surface area (Å²) in [5.41, 5.74) is 6.17. The van der Waals surface area contributed by atoms with E-state index in [1.54, 1.807) is 0 Å². The maximum Gasteiger partial charge on any atom is 0.0854 e. The molecule has 3 nitrogen and oxygen atoms in total. The van der Waals surface area contributed by atoms with Crippen molar-refractivity contribution in [3.8, 4) is 0 Å². The van der Waals surface area contributed by atoms with E-state index in [2.05, 4.69) is 35.9 Å². The number of unbranched alkanes of at least 4 members (excludes halogenated alkanes) is 11. The summed E-state index contributed by atoms with van der Waals surface area (Å²) in [4.78, 5) is 6.67. The predicted molar refractivity (Wildman–Crippen MR) is 117 cm³/mol. The fourth-order valence-corrected chi connectivity index (χ4v) is 3.80. The van der Waals surface area contributed by atoms with E-state index >= 15 is 0 Å². The lowest BCUT2D eigenvalue weighted by molar-refractivity contribution is 0.281. The molecule has 2 unspecified atom stereocenters. The SMILES string of the molecule is CCCCCCCC/C=C\CCCCCCCC(C(C)N)N1C=NCC1. The van der Waals surface area contributed by atoms with Crippen LogP contribution in [0, 0.1) is 0 Å². The Morgan fingerprint density at radius 2 is 1.50 bits per heavy atom. The van der Waals surface area contributed by atoms with Gasteiger partial charge in [0, 0.05) is 18.6 Å². The van der Waals surface area contributed by atoms with Crippen LogP contribution in [0.3, 0.4) is 0 Å². The Hall–Kier alpha value is -0.830. The van der Waals surface area contributed by atoms with Crippen LogP contribution in [0.2, 0.25) is 0 Å². The summed E-state index contributed by atoms with van der Waals surface area (Å²) in [5.74, 6) is 0. The van der Waals surface area contributed by atoms with Gasteiger partial charge in [-0.1, -0.05) is 76.9 Å². The normalized spacial score (nSPS) is 16.7. The second-order valence-corrected chi connectivity index (χ2v) is 8.06. The van der Waals surface area contributed by atoms with E-state index in [0.29, 0.717) is 6.04 Å². The van der Waals surface area contributed by atoms with Crippen LogP contribution in [-0.2, 0) is 0 Å². The summed E-state index contributed by atoms with van der Waals surface area (Å²) in [7, 11) is 0. The first-order valence-corrected chi connectivity index (χ1v) is 11.4. The molecule has 0 aromatic heterocycles. The molecule has 1 aliphatic rings. The third-order valence-electron chi connectivity index (χ3n) is 5.51. The Bertz CT molecular complexity index is 362. The Morgan fingerprint density at radius 3 is 2.04 bits per heavy atom. The third kappa shape index (κ3) is 11.7. The highest BCUT2D eigenvalue weighted by Crippen LogP contribution is 2.15. The molecular formula is C23H45N3. The van der Waals surface area contributed by atoms with Gasteiger partial charge in [-0.15, -0.1) is 0 Å². The zero-order valence-electron chi connectivity index (χ0n) is 17.7. The number of nitrogens with two attached hydrogens (primary N) is 1. The van der Waals surface area contributed by atoms with Crippen molar-refractivity contribution in [1.29, 1.82) is 0 Å². The van der Waals surface area contributed by atoms with Crippen LogP contribution in [0.4, 0.5) is 0 Å². The number of hydrogen-bond donors (Lipinski definition) is 1. The largest absolute Gasteiger partial charge is 0.357 e. The van der Waals surface area contributed by atoms with Crippen molar-refractivity contribution < 1.29 is 0 Å². The monoisotopic (exact) mass is 363 g/mol. The highest BCUT2D eigenvalue weighted by atomic mass is 15.2. The molecule has 0 bridgehead atoms. The van der Waals surface area contributed by atoms with Crippen LogP contribution in [0.1, 0.15) is 104 Å². The molecular weight excluding hydrogens is 318 g/mol. The van der Waals surface area contributed by atoms with Crippen molar-refractivity contribution in [2.75, 3.05) is 13.1 Å². The molecule has 0 aromatic rings. The standard InChI is InChI=1S/C23H45N3/c1-3-4-5-6-7-8-9-10-11-12-13-14-15-16-17-18-23(22(2)24)26-20-19-25-21-26/h10-11,21-23H,3-9,12-20,24H2,1-2H3/b11-10-. The molecule has 3 heteroatoms. The number of hydrogen-bond acceptors (Lipinski definition) is 3. The van der Waals surface area contributed by atoms with Gasteiger partial charge in [0.2, 0.25) is 0 Å². The molecule has 2 N–H and O–H groups in total. The average molecular weight is 364 g/mol. The number of nitrogens with zero attached hydrogens (tertiary/aromatic N) is 2. The Labute approximate surface area is 163 Å². The molecule has 0 saturated heterocycles. The van der Waals surface area contributed by atoms with Gasteiger partial charge in [0.15, 0.2) is 0 Å². The molecule has 0 radical (unpaired) electrons. The lowest BCUT2D eigenvalue weighted by Crippen LogP contribution is -2.45. The first-order chi connectivity index (χ1) is 12.8. The van der Waals surface area contributed by atoms with Crippen molar-refractivity contribution in [3.05, 3.63) is 12.2 Å². The van der Waals surface area contributed by atoms with Gasteiger partial charge >= 0.3 is 0 Å². The third-order valence-corrected chi connectivity index (χ3v) is 5.51. The zero-order chi connectivity index (χ0) is 18.9. The van der Waals surface area contributed by atoms with Gasteiger partial charge in [-0.05, 0) is 39.0 Å². The van der Waals surface area contributed by atoms with Crippen LogP contribution in [0.5, 0.6) is 0 Å². The predicted octanol–water partition coefficient (Wildman–Crippen LogP) is 6.08. The molecule has 0 fully saturated rings. The zero-order valence-corrected chi connectivity index (χ0v) is 17.7. The van der Waals surface area contributed by atoms with Gasteiger partial charge in [0.05, 0.1) is 12.9 Å². The molecule has 0 saturated carbocycles. The second-order valence-electron chi connectivity index (χ2n) is 8.06. The molecule has 2 atom stereocenters. The van der Waals surface area contributed by atoms with Crippen LogP contribution in [0.15, 0.2) is 17.1 Å². The summed E-state index contributed by atoms with van der Waals surface area (Å²) in [6, 6.07) is 0.711. The Balaban J connectivity index is 1.88. The van der Waals surface area contributed by atoms with Gasteiger partial charge in [0.1, 0.15) is 0 Å². The fourth-order valence-electron chi connectivity index (χ4n) is 3.80. The molecule has 26 heavy (non-hydrogen) atoms. The van der Waals surface area contributed by atoms with Crippen LogP contribution >= 0.6 is 0 Å². The van der Waals surface area contributed by atoms with Crippen LogP contribution in [-0.4, -0.2) is 36.4 Å². The van der Waals surface area contributed by atoms with Crippen LogP contribution in [0.25, 0.3) is 0 Å². The highest BCUT2D eigenvalue weighted by molar-refractivity contribution is 5.57. The van der Waals surface area contributed by atoms with Gasteiger partial charge in [-0.3, -0.25) is 4.99 Å². The molecule has 0 aromatic carbocycles. The Kier molecular flexibility index (Phi) is 14.6. The van der Waals surface area contributed by atoms with E-state index in [4.69, 9.17) is 5.73 Å². The van der Waals surface area contributed by atoms with E-state index in [9.17, 15) is 0 Å². The van der Waals surface area contributed by atoms with E-state index < -0.39 is 0 Å².